The topological polar surface area (TPSA) is 39.7 Å². The molecule has 1 aromatic carbocycles. The molecule has 0 heterocycles. The molecule has 0 atom stereocenters. The number of ether oxygens (including phenoxy) is 3. The van der Waals surface area contributed by atoms with E-state index in [4.69, 9.17) is 14.2 Å². The first-order valence-electron chi connectivity index (χ1n) is 6.75. The first-order chi connectivity index (χ1) is 9.31. The molecule has 0 aliphatic carbocycles. The molecule has 0 aliphatic rings. The highest BCUT2D eigenvalue weighted by molar-refractivity contribution is 5.36. The minimum atomic E-state index is 0.576. The van der Waals surface area contributed by atoms with Gasteiger partial charge in [0, 0.05) is 32.4 Å². The first kappa shape index (κ1) is 16.0. The third-order valence-electron chi connectivity index (χ3n) is 2.82. The van der Waals surface area contributed by atoms with Crippen LogP contribution in [-0.2, 0) is 22.6 Å². The summed E-state index contributed by atoms with van der Waals surface area (Å²) in [5.74, 6) is 0.881. The molecule has 0 aliphatic heterocycles. The van der Waals surface area contributed by atoms with E-state index in [1.165, 1.54) is 5.56 Å². The van der Waals surface area contributed by atoms with Gasteiger partial charge in [-0.15, -0.1) is 0 Å². The van der Waals surface area contributed by atoms with Crippen molar-refractivity contribution in [1.82, 2.24) is 5.32 Å². The number of hydrogen-bond donors (Lipinski definition) is 1. The summed E-state index contributed by atoms with van der Waals surface area (Å²) in [5.41, 5.74) is 2.34. The highest BCUT2D eigenvalue weighted by Crippen LogP contribution is 2.20. The Labute approximate surface area is 116 Å². The zero-order chi connectivity index (χ0) is 13.9. The zero-order valence-corrected chi connectivity index (χ0v) is 12.2. The molecule has 1 rings (SSSR count). The van der Waals surface area contributed by atoms with Crippen molar-refractivity contribution in [2.24, 2.45) is 0 Å². The van der Waals surface area contributed by atoms with Gasteiger partial charge in [0.05, 0.1) is 13.7 Å². The molecule has 1 aromatic rings. The van der Waals surface area contributed by atoms with Crippen LogP contribution in [0.4, 0.5) is 0 Å². The second kappa shape index (κ2) is 9.78. The molecule has 1 N–H and O–H groups in total. The predicted octanol–water partition coefficient (Wildman–Crippen LogP) is 2.36. The number of methoxy groups -OCH3 is 2. The lowest BCUT2D eigenvalue weighted by molar-refractivity contribution is 0.0916. The summed E-state index contributed by atoms with van der Waals surface area (Å²) in [6.45, 7) is 5.95. The molecule has 0 bridgehead atoms. The van der Waals surface area contributed by atoms with E-state index < -0.39 is 0 Å². The lowest BCUT2D eigenvalue weighted by Crippen LogP contribution is -2.12. The van der Waals surface area contributed by atoms with Crippen molar-refractivity contribution in [2.75, 3.05) is 34.0 Å². The van der Waals surface area contributed by atoms with Gasteiger partial charge in [0.15, 0.2) is 0 Å². The smallest absolute Gasteiger partial charge is 0.124 e. The molecular weight excluding hydrogens is 242 g/mol. The fraction of sp³-hybridized carbons (Fsp3) is 0.600. The van der Waals surface area contributed by atoms with E-state index in [-0.39, 0.29) is 0 Å². The van der Waals surface area contributed by atoms with E-state index in [9.17, 15) is 0 Å². The molecule has 0 saturated heterocycles. The molecule has 0 saturated carbocycles. The summed E-state index contributed by atoms with van der Waals surface area (Å²) in [4.78, 5) is 0. The number of rotatable bonds is 10. The van der Waals surface area contributed by atoms with Gasteiger partial charge in [0.1, 0.15) is 5.75 Å². The molecule has 0 aromatic heterocycles. The van der Waals surface area contributed by atoms with Crippen LogP contribution in [0.3, 0.4) is 0 Å². The SMILES string of the molecule is CCNCc1ccc(OC)c(COCCCOC)c1. The molecule has 4 heteroatoms. The second-order valence-electron chi connectivity index (χ2n) is 4.33. The van der Waals surface area contributed by atoms with Crippen LogP contribution in [0.1, 0.15) is 24.5 Å². The Balaban J connectivity index is 2.52. The van der Waals surface area contributed by atoms with Gasteiger partial charge >= 0.3 is 0 Å². The van der Waals surface area contributed by atoms with Crippen molar-refractivity contribution in [3.05, 3.63) is 29.3 Å². The van der Waals surface area contributed by atoms with Crippen LogP contribution in [-0.4, -0.2) is 34.0 Å². The molecule has 0 spiro atoms. The Morgan fingerprint density at radius 3 is 2.68 bits per heavy atom. The van der Waals surface area contributed by atoms with Gasteiger partial charge in [-0.2, -0.15) is 0 Å². The number of benzene rings is 1. The molecule has 0 fully saturated rings. The summed E-state index contributed by atoms with van der Waals surface area (Å²) in [6.07, 6.45) is 0.913. The Morgan fingerprint density at radius 1 is 1.16 bits per heavy atom. The molecule has 0 unspecified atom stereocenters. The summed E-state index contributed by atoms with van der Waals surface area (Å²) in [5, 5.41) is 3.32. The maximum Gasteiger partial charge on any atom is 0.124 e. The van der Waals surface area contributed by atoms with Gasteiger partial charge in [-0.05, 0) is 30.7 Å². The fourth-order valence-corrected chi connectivity index (χ4v) is 1.81. The molecule has 0 radical (unpaired) electrons. The second-order valence-corrected chi connectivity index (χ2v) is 4.33. The van der Waals surface area contributed by atoms with Crippen LogP contribution in [0.5, 0.6) is 5.75 Å². The predicted molar refractivity (Wildman–Crippen MR) is 76.5 cm³/mol. The molecule has 0 amide bonds. The van der Waals surface area contributed by atoms with Crippen molar-refractivity contribution >= 4 is 0 Å². The molecule has 19 heavy (non-hydrogen) atoms. The van der Waals surface area contributed by atoms with Crippen molar-refractivity contribution in [2.45, 2.75) is 26.5 Å². The third-order valence-corrected chi connectivity index (χ3v) is 2.82. The Hall–Kier alpha value is -1.10. The van der Waals surface area contributed by atoms with Crippen molar-refractivity contribution in [3.8, 4) is 5.75 Å². The van der Waals surface area contributed by atoms with Gasteiger partial charge in [0.25, 0.3) is 0 Å². The van der Waals surface area contributed by atoms with E-state index in [2.05, 4.69) is 24.4 Å². The standard InChI is InChI=1S/C15H25NO3/c1-4-16-11-13-6-7-15(18-3)14(10-13)12-19-9-5-8-17-2/h6-7,10,16H,4-5,8-9,11-12H2,1-3H3. The van der Waals surface area contributed by atoms with Crippen LogP contribution >= 0.6 is 0 Å². The minimum Gasteiger partial charge on any atom is -0.496 e. The monoisotopic (exact) mass is 267 g/mol. The van der Waals surface area contributed by atoms with Crippen molar-refractivity contribution in [1.29, 1.82) is 0 Å². The van der Waals surface area contributed by atoms with Gasteiger partial charge in [0.2, 0.25) is 0 Å². The normalized spacial score (nSPS) is 10.7. The van der Waals surface area contributed by atoms with Crippen LogP contribution < -0.4 is 10.1 Å². The van der Waals surface area contributed by atoms with Crippen LogP contribution in [0, 0.1) is 0 Å². The van der Waals surface area contributed by atoms with E-state index in [0.29, 0.717) is 13.2 Å². The average Bonchev–Trinajstić information content (AvgIpc) is 2.45. The highest BCUT2D eigenvalue weighted by Gasteiger charge is 2.04. The summed E-state index contributed by atoms with van der Waals surface area (Å²) in [7, 11) is 3.39. The van der Waals surface area contributed by atoms with Crippen LogP contribution in [0.25, 0.3) is 0 Å². The van der Waals surface area contributed by atoms with Crippen LogP contribution in [0.2, 0.25) is 0 Å². The van der Waals surface area contributed by atoms with E-state index >= 15 is 0 Å². The first-order valence-corrected chi connectivity index (χ1v) is 6.75. The quantitative estimate of drug-likeness (QED) is 0.661. The number of hydrogen-bond acceptors (Lipinski definition) is 4. The Morgan fingerprint density at radius 2 is 2.00 bits per heavy atom. The van der Waals surface area contributed by atoms with Gasteiger partial charge in [-0.25, -0.2) is 0 Å². The summed E-state index contributed by atoms with van der Waals surface area (Å²) >= 11 is 0. The lowest BCUT2D eigenvalue weighted by Gasteiger charge is -2.11. The van der Waals surface area contributed by atoms with E-state index in [1.807, 2.05) is 6.07 Å². The Bertz CT molecular complexity index is 355. The van der Waals surface area contributed by atoms with Gasteiger partial charge in [-0.3, -0.25) is 0 Å². The number of nitrogens with one attached hydrogen (secondary N) is 1. The van der Waals surface area contributed by atoms with E-state index in [1.54, 1.807) is 14.2 Å². The van der Waals surface area contributed by atoms with Crippen LogP contribution in [0.15, 0.2) is 18.2 Å². The van der Waals surface area contributed by atoms with Crippen molar-refractivity contribution in [3.63, 3.8) is 0 Å². The third kappa shape index (κ3) is 6.05. The largest absolute Gasteiger partial charge is 0.496 e. The maximum absolute atomic E-state index is 5.64. The molecule has 4 nitrogen and oxygen atoms in total. The molecular formula is C15H25NO3. The zero-order valence-electron chi connectivity index (χ0n) is 12.2. The van der Waals surface area contributed by atoms with Gasteiger partial charge < -0.3 is 19.5 Å². The highest BCUT2D eigenvalue weighted by atomic mass is 16.5. The minimum absolute atomic E-state index is 0.576. The average molecular weight is 267 g/mol. The Kier molecular flexibility index (Phi) is 8.21. The fourth-order valence-electron chi connectivity index (χ4n) is 1.81. The van der Waals surface area contributed by atoms with E-state index in [0.717, 1.165) is 37.4 Å². The summed E-state index contributed by atoms with van der Waals surface area (Å²) < 4.78 is 16.0. The lowest BCUT2D eigenvalue weighted by atomic mass is 10.1. The summed E-state index contributed by atoms with van der Waals surface area (Å²) in [6, 6.07) is 6.22. The maximum atomic E-state index is 5.64. The molecule has 108 valence electrons. The van der Waals surface area contributed by atoms with Crippen molar-refractivity contribution < 1.29 is 14.2 Å². The van der Waals surface area contributed by atoms with Gasteiger partial charge in [-0.1, -0.05) is 13.0 Å².